The first-order valence-electron chi connectivity index (χ1n) is 3.33. The fraction of sp³-hybridized carbons (Fsp3) is 0.286. The van der Waals surface area contributed by atoms with Gasteiger partial charge >= 0.3 is 0 Å². The van der Waals surface area contributed by atoms with Crippen molar-refractivity contribution in [1.29, 1.82) is 0 Å². The van der Waals surface area contributed by atoms with Crippen LogP contribution in [-0.2, 0) is 4.79 Å². The highest BCUT2D eigenvalue weighted by molar-refractivity contribution is 6.64. The molecule has 12 heavy (non-hydrogen) atoms. The second kappa shape index (κ2) is 3.49. The first-order chi connectivity index (χ1) is 5.61. The lowest BCUT2D eigenvalue weighted by atomic mass is 10.0. The average Bonchev–Trinajstić information content (AvgIpc) is 2.04. The molecule has 1 aliphatic carbocycles. The predicted octanol–water partition coefficient (Wildman–Crippen LogP) is 1.49. The lowest BCUT2D eigenvalue weighted by Gasteiger charge is -2.06. The molecule has 0 saturated heterocycles. The average molecular weight is 188 g/mol. The monoisotopic (exact) mass is 187 g/mol. The van der Waals surface area contributed by atoms with E-state index in [9.17, 15) is 14.9 Å². The maximum absolute atomic E-state index is 10.6. The van der Waals surface area contributed by atoms with Crippen molar-refractivity contribution in [3.63, 3.8) is 0 Å². The fourth-order valence-corrected chi connectivity index (χ4v) is 1.07. The predicted molar refractivity (Wildman–Crippen MR) is 43.2 cm³/mol. The van der Waals surface area contributed by atoms with Crippen molar-refractivity contribution in [3.05, 3.63) is 34.0 Å². The maximum Gasteiger partial charge on any atom is 0.265 e. The van der Waals surface area contributed by atoms with E-state index in [-0.39, 0.29) is 5.70 Å². The molecule has 0 N–H and O–H groups in total. The molecule has 4 nitrogen and oxygen atoms in total. The number of halogens is 1. The van der Waals surface area contributed by atoms with E-state index in [1.807, 2.05) is 0 Å². The number of nitrogens with zero attached hydrogens (tertiary/aromatic N) is 1. The normalized spacial score (nSPS) is 21.8. The SMILES string of the molecule is O=C(Cl)[C@H]1C=CC([N+](=O)[O-])=CC1. The van der Waals surface area contributed by atoms with E-state index < -0.39 is 16.1 Å². The molecule has 64 valence electrons. The van der Waals surface area contributed by atoms with Crippen LogP contribution in [0.4, 0.5) is 0 Å². The quantitative estimate of drug-likeness (QED) is 0.374. The molecule has 1 rings (SSSR count). The third-order valence-corrected chi connectivity index (χ3v) is 1.86. The Morgan fingerprint density at radius 2 is 2.42 bits per heavy atom. The van der Waals surface area contributed by atoms with Crippen molar-refractivity contribution < 1.29 is 9.72 Å². The van der Waals surface area contributed by atoms with Crippen LogP contribution in [0.2, 0.25) is 0 Å². The van der Waals surface area contributed by atoms with Crippen LogP contribution in [0, 0.1) is 16.0 Å². The van der Waals surface area contributed by atoms with Crippen molar-refractivity contribution in [2.24, 2.45) is 5.92 Å². The molecule has 0 aromatic rings. The zero-order chi connectivity index (χ0) is 9.14. The summed E-state index contributed by atoms with van der Waals surface area (Å²) in [6.07, 6.45) is 4.46. The molecule has 5 heteroatoms. The van der Waals surface area contributed by atoms with Crippen LogP contribution in [0.5, 0.6) is 0 Å². The molecule has 0 amide bonds. The lowest BCUT2D eigenvalue weighted by molar-refractivity contribution is -0.419. The Kier molecular flexibility index (Phi) is 2.60. The summed E-state index contributed by atoms with van der Waals surface area (Å²) < 4.78 is 0. The van der Waals surface area contributed by atoms with E-state index in [1.54, 1.807) is 0 Å². The number of rotatable bonds is 2. The standard InChI is InChI=1S/C7H6ClNO3/c8-7(10)5-1-3-6(4-2-5)9(11)12/h1,3-5H,2H2/t5-/m0/s1. The molecule has 0 aromatic heterocycles. The Balaban J connectivity index is 2.68. The highest BCUT2D eigenvalue weighted by Crippen LogP contribution is 2.18. The van der Waals surface area contributed by atoms with Gasteiger partial charge in [-0.2, -0.15) is 0 Å². The number of carbonyl (C=O) groups is 1. The van der Waals surface area contributed by atoms with Crippen LogP contribution in [0.15, 0.2) is 23.9 Å². The van der Waals surface area contributed by atoms with Gasteiger partial charge in [0.15, 0.2) is 0 Å². The van der Waals surface area contributed by atoms with Crippen LogP contribution in [0.25, 0.3) is 0 Å². The van der Waals surface area contributed by atoms with Gasteiger partial charge < -0.3 is 0 Å². The highest BCUT2D eigenvalue weighted by Gasteiger charge is 2.18. The lowest BCUT2D eigenvalue weighted by Crippen LogP contribution is -2.09. The van der Waals surface area contributed by atoms with E-state index in [2.05, 4.69) is 0 Å². The summed E-state index contributed by atoms with van der Waals surface area (Å²) >= 11 is 5.19. The van der Waals surface area contributed by atoms with Crippen LogP contribution < -0.4 is 0 Å². The molecule has 0 bridgehead atoms. The van der Waals surface area contributed by atoms with Crippen molar-refractivity contribution in [2.45, 2.75) is 6.42 Å². The largest absolute Gasteiger partial charge is 0.281 e. The summed E-state index contributed by atoms with van der Waals surface area (Å²) in [7, 11) is 0. The molecule has 1 atom stereocenters. The molecule has 0 spiro atoms. The zero-order valence-electron chi connectivity index (χ0n) is 6.07. The fourth-order valence-electron chi connectivity index (χ4n) is 0.913. The molecule has 0 aromatic carbocycles. The molecular weight excluding hydrogens is 182 g/mol. The molecule has 0 aliphatic heterocycles. The van der Waals surface area contributed by atoms with E-state index in [0.717, 1.165) is 0 Å². The Bertz CT molecular complexity index is 282. The third kappa shape index (κ3) is 1.92. The Labute approximate surface area is 73.7 Å². The Morgan fingerprint density at radius 3 is 2.75 bits per heavy atom. The molecule has 1 aliphatic rings. The summed E-state index contributed by atoms with van der Waals surface area (Å²) in [5, 5.41) is 9.72. The van der Waals surface area contributed by atoms with E-state index in [0.29, 0.717) is 6.42 Å². The first-order valence-corrected chi connectivity index (χ1v) is 3.71. The maximum atomic E-state index is 10.6. The van der Waals surface area contributed by atoms with Crippen molar-refractivity contribution in [3.8, 4) is 0 Å². The van der Waals surface area contributed by atoms with Crippen LogP contribution in [0.1, 0.15) is 6.42 Å². The minimum absolute atomic E-state index is 0.0177. The topological polar surface area (TPSA) is 60.2 Å². The van der Waals surface area contributed by atoms with Gasteiger partial charge in [0.1, 0.15) is 0 Å². The highest BCUT2D eigenvalue weighted by atomic mass is 35.5. The van der Waals surface area contributed by atoms with Gasteiger partial charge in [0.2, 0.25) is 5.24 Å². The molecule has 0 unspecified atom stereocenters. The van der Waals surface area contributed by atoms with Crippen molar-refractivity contribution in [2.75, 3.05) is 0 Å². The Morgan fingerprint density at radius 1 is 1.75 bits per heavy atom. The molecule has 0 heterocycles. The van der Waals surface area contributed by atoms with Gasteiger partial charge in [-0.1, -0.05) is 6.08 Å². The van der Waals surface area contributed by atoms with Gasteiger partial charge in [0.05, 0.1) is 10.8 Å². The number of allylic oxidation sites excluding steroid dienone is 3. The van der Waals surface area contributed by atoms with E-state index >= 15 is 0 Å². The van der Waals surface area contributed by atoms with Gasteiger partial charge in [-0.25, -0.2) is 0 Å². The first kappa shape index (κ1) is 8.93. The number of nitro groups is 1. The van der Waals surface area contributed by atoms with Gasteiger partial charge in [-0.15, -0.1) is 0 Å². The Hall–Kier alpha value is -1.16. The van der Waals surface area contributed by atoms with Crippen molar-refractivity contribution in [1.82, 2.24) is 0 Å². The molecule has 0 saturated carbocycles. The summed E-state index contributed by atoms with van der Waals surface area (Å²) in [5.41, 5.74) is 0.0177. The van der Waals surface area contributed by atoms with Gasteiger partial charge in [0.25, 0.3) is 5.70 Å². The van der Waals surface area contributed by atoms with E-state index in [1.165, 1.54) is 18.2 Å². The number of carbonyl (C=O) groups excluding carboxylic acids is 1. The summed E-state index contributed by atoms with van der Waals surface area (Å²) in [4.78, 5) is 20.3. The minimum atomic E-state index is -0.495. The number of hydrogen-bond donors (Lipinski definition) is 0. The number of hydrogen-bond acceptors (Lipinski definition) is 3. The second-order valence-electron chi connectivity index (χ2n) is 2.39. The van der Waals surface area contributed by atoms with E-state index in [4.69, 9.17) is 11.6 Å². The van der Waals surface area contributed by atoms with Crippen molar-refractivity contribution >= 4 is 16.8 Å². The second-order valence-corrected chi connectivity index (χ2v) is 2.76. The summed E-state index contributed by atoms with van der Waals surface area (Å²) in [5.74, 6) is -0.407. The molecule has 0 fully saturated rings. The molecular formula is C7H6ClNO3. The third-order valence-electron chi connectivity index (χ3n) is 1.58. The van der Waals surface area contributed by atoms with Gasteiger partial charge in [0, 0.05) is 6.08 Å². The zero-order valence-corrected chi connectivity index (χ0v) is 6.82. The summed E-state index contributed by atoms with van der Waals surface area (Å²) in [6, 6.07) is 0. The summed E-state index contributed by atoms with van der Waals surface area (Å²) in [6.45, 7) is 0. The van der Waals surface area contributed by atoms with Gasteiger partial charge in [-0.3, -0.25) is 14.9 Å². The van der Waals surface area contributed by atoms with Crippen LogP contribution in [-0.4, -0.2) is 10.2 Å². The molecule has 0 radical (unpaired) electrons. The minimum Gasteiger partial charge on any atom is -0.281 e. The van der Waals surface area contributed by atoms with Crippen LogP contribution >= 0.6 is 11.6 Å². The van der Waals surface area contributed by atoms with Gasteiger partial charge in [-0.05, 0) is 24.1 Å². The van der Waals surface area contributed by atoms with Crippen LogP contribution in [0.3, 0.4) is 0 Å². The smallest absolute Gasteiger partial charge is 0.265 e.